The van der Waals surface area contributed by atoms with Gasteiger partial charge in [0.15, 0.2) is 0 Å². The molecule has 1 saturated carbocycles. The Kier molecular flexibility index (Phi) is 4.38. The molecule has 2 rings (SSSR count). The molecule has 0 amide bonds. The molecule has 0 bridgehead atoms. The molecule has 2 aliphatic rings. The fourth-order valence-electron chi connectivity index (χ4n) is 2.45. The normalized spacial score (nSPS) is 25.6. The number of nitrogens with zero attached hydrogens (tertiary/aromatic N) is 2. The van der Waals surface area contributed by atoms with Crippen molar-refractivity contribution < 1.29 is 5.11 Å². The summed E-state index contributed by atoms with van der Waals surface area (Å²) in [4.78, 5) is 5.00. The molecule has 1 heterocycles. The van der Waals surface area contributed by atoms with Crippen molar-refractivity contribution in [3.8, 4) is 0 Å². The zero-order valence-corrected chi connectivity index (χ0v) is 10.1. The zero-order valence-electron chi connectivity index (χ0n) is 10.1. The van der Waals surface area contributed by atoms with Gasteiger partial charge in [-0.2, -0.15) is 0 Å². The lowest BCUT2D eigenvalue weighted by Gasteiger charge is -2.35. The molecule has 0 aromatic carbocycles. The number of hydrogen-bond acceptors (Lipinski definition) is 3. The summed E-state index contributed by atoms with van der Waals surface area (Å²) in [5.74, 6) is 0. The Labute approximate surface area is 98.7 Å². The van der Waals surface area contributed by atoms with E-state index in [1.807, 2.05) is 6.08 Å². The van der Waals surface area contributed by atoms with Crippen LogP contribution in [0, 0.1) is 0 Å². The Bertz CT molecular complexity index is 220. The highest BCUT2D eigenvalue weighted by atomic mass is 16.3. The number of hydrogen-bond donors (Lipinski definition) is 1. The minimum absolute atomic E-state index is 0.175. The summed E-state index contributed by atoms with van der Waals surface area (Å²) in [6.07, 6.45) is 6.29. The Morgan fingerprint density at radius 3 is 2.50 bits per heavy atom. The molecule has 1 aliphatic heterocycles. The van der Waals surface area contributed by atoms with Crippen LogP contribution in [-0.2, 0) is 0 Å². The Hall–Kier alpha value is -0.380. The third kappa shape index (κ3) is 3.58. The molecule has 1 N–H and O–H groups in total. The second kappa shape index (κ2) is 5.80. The first-order valence-electron chi connectivity index (χ1n) is 6.55. The smallest absolute Gasteiger partial charge is 0.0670 e. The first kappa shape index (κ1) is 12.1. The lowest BCUT2D eigenvalue weighted by atomic mass is 10.1. The highest BCUT2D eigenvalue weighted by Crippen LogP contribution is 2.27. The molecule has 16 heavy (non-hydrogen) atoms. The maximum absolute atomic E-state index is 9.82. The standard InChI is InChI=1S/C13H24N2O/c1-2-3-4-13(16)11-14-7-9-15(10-8-14)12-5-6-12/h2,12-13,16H,1,3-11H2/t13-/m0/s1. The Balaban J connectivity index is 1.62. The van der Waals surface area contributed by atoms with Crippen LogP contribution in [0.1, 0.15) is 25.7 Å². The second-order valence-corrected chi connectivity index (χ2v) is 5.09. The fourth-order valence-corrected chi connectivity index (χ4v) is 2.45. The second-order valence-electron chi connectivity index (χ2n) is 5.09. The van der Waals surface area contributed by atoms with E-state index in [0.717, 1.165) is 38.5 Å². The van der Waals surface area contributed by atoms with E-state index >= 15 is 0 Å². The van der Waals surface area contributed by atoms with Crippen LogP contribution in [0.25, 0.3) is 0 Å². The van der Waals surface area contributed by atoms with Crippen molar-refractivity contribution in [3.05, 3.63) is 12.7 Å². The predicted molar refractivity (Wildman–Crippen MR) is 66.5 cm³/mol. The predicted octanol–water partition coefficient (Wildman–Crippen LogP) is 1.09. The van der Waals surface area contributed by atoms with Crippen LogP contribution >= 0.6 is 0 Å². The average Bonchev–Trinajstić information content (AvgIpc) is 3.11. The van der Waals surface area contributed by atoms with E-state index in [4.69, 9.17) is 0 Å². The van der Waals surface area contributed by atoms with Gasteiger partial charge in [-0.1, -0.05) is 6.08 Å². The van der Waals surface area contributed by atoms with Gasteiger partial charge in [-0.15, -0.1) is 6.58 Å². The first-order valence-corrected chi connectivity index (χ1v) is 6.55. The van der Waals surface area contributed by atoms with Gasteiger partial charge in [-0.25, -0.2) is 0 Å². The molecule has 92 valence electrons. The number of allylic oxidation sites excluding steroid dienone is 1. The third-order valence-electron chi connectivity index (χ3n) is 3.64. The van der Waals surface area contributed by atoms with Crippen LogP contribution in [0.15, 0.2) is 12.7 Å². The van der Waals surface area contributed by atoms with Crippen molar-refractivity contribution >= 4 is 0 Å². The summed E-state index contributed by atoms with van der Waals surface area (Å²) in [6.45, 7) is 9.16. The molecule has 0 unspecified atom stereocenters. The molecule has 3 heteroatoms. The number of aliphatic hydroxyl groups excluding tert-OH is 1. The van der Waals surface area contributed by atoms with E-state index in [9.17, 15) is 5.11 Å². The molecule has 2 fully saturated rings. The number of aliphatic hydroxyl groups is 1. The largest absolute Gasteiger partial charge is 0.392 e. The van der Waals surface area contributed by atoms with Gasteiger partial charge in [-0.05, 0) is 25.7 Å². The number of β-amino-alcohol motifs (C(OH)–C–C–N with tert-alkyl or cyclic N) is 1. The van der Waals surface area contributed by atoms with Crippen molar-refractivity contribution in [1.29, 1.82) is 0 Å². The average molecular weight is 224 g/mol. The van der Waals surface area contributed by atoms with Crippen molar-refractivity contribution in [2.45, 2.75) is 37.8 Å². The molecule has 0 radical (unpaired) electrons. The molecular weight excluding hydrogens is 200 g/mol. The van der Waals surface area contributed by atoms with Gasteiger partial charge < -0.3 is 5.11 Å². The minimum atomic E-state index is -0.175. The lowest BCUT2D eigenvalue weighted by Crippen LogP contribution is -2.49. The molecule has 3 nitrogen and oxygen atoms in total. The van der Waals surface area contributed by atoms with Crippen molar-refractivity contribution in [2.75, 3.05) is 32.7 Å². The van der Waals surface area contributed by atoms with Crippen LogP contribution in [0.2, 0.25) is 0 Å². The van der Waals surface area contributed by atoms with Crippen LogP contribution in [0.5, 0.6) is 0 Å². The SMILES string of the molecule is C=CCC[C@H](O)CN1CCN(C2CC2)CC1. The number of rotatable bonds is 6. The molecule has 0 aromatic heterocycles. The zero-order chi connectivity index (χ0) is 11.4. The van der Waals surface area contributed by atoms with Gasteiger partial charge in [0.05, 0.1) is 6.10 Å². The number of piperazine rings is 1. The minimum Gasteiger partial charge on any atom is -0.392 e. The summed E-state index contributed by atoms with van der Waals surface area (Å²) in [5, 5.41) is 9.82. The van der Waals surface area contributed by atoms with Crippen molar-refractivity contribution in [1.82, 2.24) is 9.80 Å². The van der Waals surface area contributed by atoms with Crippen molar-refractivity contribution in [3.63, 3.8) is 0 Å². The maximum atomic E-state index is 9.82. The monoisotopic (exact) mass is 224 g/mol. The van der Waals surface area contributed by atoms with Gasteiger partial charge in [0.1, 0.15) is 0 Å². The Morgan fingerprint density at radius 2 is 1.94 bits per heavy atom. The highest BCUT2D eigenvalue weighted by Gasteiger charge is 2.31. The summed E-state index contributed by atoms with van der Waals surface area (Å²) >= 11 is 0. The maximum Gasteiger partial charge on any atom is 0.0670 e. The van der Waals surface area contributed by atoms with Crippen LogP contribution in [0.4, 0.5) is 0 Å². The molecule has 0 aromatic rings. The van der Waals surface area contributed by atoms with Crippen LogP contribution < -0.4 is 0 Å². The lowest BCUT2D eigenvalue weighted by molar-refractivity contribution is 0.0668. The van der Waals surface area contributed by atoms with Gasteiger partial charge >= 0.3 is 0 Å². The summed E-state index contributed by atoms with van der Waals surface area (Å²) in [7, 11) is 0. The molecule has 0 spiro atoms. The summed E-state index contributed by atoms with van der Waals surface area (Å²) < 4.78 is 0. The van der Waals surface area contributed by atoms with Gasteiger partial charge in [0.2, 0.25) is 0 Å². The fraction of sp³-hybridized carbons (Fsp3) is 0.846. The van der Waals surface area contributed by atoms with Crippen LogP contribution in [0.3, 0.4) is 0 Å². The van der Waals surface area contributed by atoms with E-state index in [1.165, 1.54) is 25.9 Å². The first-order chi connectivity index (χ1) is 7.79. The highest BCUT2D eigenvalue weighted by molar-refractivity contribution is 4.87. The van der Waals surface area contributed by atoms with E-state index in [0.29, 0.717) is 0 Å². The van der Waals surface area contributed by atoms with Gasteiger partial charge in [-0.3, -0.25) is 9.80 Å². The van der Waals surface area contributed by atoms with E-state index in [2.05, 4.69) is 16.4 Å². The van der Waals surface area contributed by atoms with E-state index in [1.54, 1.807) is 0 Å². The Morgan fingerprint density at radius 1 is 1.25 bits per heavy atom. The van der Waals surface area contributed by atoms with Crippen molar-refractivity contribution in [2.24, 2.45) is 0 Å². The third-order valence-corrected chi connectivity index (χ3v) is 3.64. The molecule has 1 atom stereocenters. The van der Waals surface area contributed by atoms with Gasteiger partial charge in [0, 0.05) is 38.8 Å². The molecular formula is C13H24N2O. The van der Waals surface area contributed by atoms with E-state index < -0.39 is 0 Å². The van der Waals surface area contributed by atoms with Crippen LogP contribution in [-0.4, -0.2) is 59.8 Å². The molecule has 1 aliphatic carbocycles. The molecule has 1 saturated heterocycles. The quantitative estimate of drug-likeness (QED) is 0.684. The summed E-state index contributed by atoms with van der Waals surface area (Å²) in [5.41, 5.74) is 0. The van der Waals surface area contributed by atoms with Gasteiger partial charge in [0.25, 0.3) is 0 Å². The topological polar surface area (TPSA) is 26.7 Å². The van der Waals surface area contributed by atoms with E-state index in [-0.39, 0.29) is 6.10 Å². The summed E-state index contributed by atoms with van der Waals surface area (Å²) in [6, 6.07) is 0.896.